The first-order valence-electron chi connectivity index (χ1n) is 13.4. The molecule has 2 aliphatic heterocycles. The predicted octanol–water partition coefficient (Wildman–Crippen LogP) is 6.50. The molecule has 0 bridgehead atoms. The van der Waals surface area contributed by atoms with E-state index in [2.05, 4.69) is 10.3 Å². The molecular weight excluding hydrogens is 590 g/mol. The standard InChI is InChI=1S/C31H28Cl2F3N3O3/c1-19-12-21(26-16-30(18-37-26,31(34,35)36)22-13-23(32)15-24(33)14-22)9-10-25(19)28(40)38-27-17-42-39(29(27)41)11-5-8-20-6-3-2-4-7-20/h2-4,6-7,9-10,12-15,27H,5,8,11,16-18H2,1H3,(H,38,40)/t27-,30?/m1/s1. The average molecular weight is 618 g/mol. The van der Waals surface area contributed by atoms with Gasteiger partial charge in [0.25, 0.3) is 11.8 Å². The van der Waals surface area contributed by atoms with Crippen LogP contribution >= 0.6 is 23.2 Å². The van der Waals surface area contributed by atoms with Gasteiger partial charge >= 0.3 is 6.18 Å². The van der Waals surface area contributed by atoms with Crippen LogP contribution in [0.25, 0.3) is 0 Å². The van der Waals surface area contributed by atoms with Crippen molar-refractivity contribution in [1.29, 1.82) is 0 Å². The lowest BCUT2D eigenvalue weighted by molar-refractivity contribution is -0.183. The number of alkyl halides is 3. The van der Waals surface area contributed by atoms with Crippen LogP contribution in [0.5, 0.6) is 0 Å². The van der Waals surface area contributed by atoms with Crippen LogP contribution < -0.4 is 5.32 Å². The van der Waals surface area contributed by atoms with E-state index < -0.39 is 36.5 Å². The monoisotopic (exact) mass is 617 g/mol. The Morgan fingerprint density at radius 2 is 1.81 bits per heavy atom. The number of benzene rings is 3. The zero-order valence-corrected chi connectivity index (χ0v) is 24.2. The van der Waals surface area contributed by atoms with Gasteiger partial charge in [0.1, 0.15) is 18.1 Å². The summed E-state index contributed by atoms with van der Waals surface area (Å²) >= 11 is 12.1. The van der Waals surface area contributed by atoms with Gasteiger partial charge in [-0.05, 0) is 72.4 Å². The average Bonchev–Trinajstić information content (AvgIpc) is 3.54. The normalized spacial score (nSPS) is 20.6. The minimum absolute atomic E-state index is 0.0247. The van der Waals surface area contributed by atoms with Crippen molar-refractivity contribution in [3.8, 4) is 0 Å². The van der Waals surface area contributed by atoms with Crippen LogP contribution in [0, 0.1) is 6.92 Å². The molecule has 11 heteroatoms. The van der Waals surface area contributed by atoms with E-state index >= 15 is 0 Å². The molecule has 1 N–H and O–H groups in total. The zero-order chi connectivity index (χ0) is 30.1. The molecule has 0 saturated carbocycles. The lowest BCUT2D eigenvalue weighted by Crippen LogP contribution is -2.43. The third-order valence-electron chi connectivity index (χ3n) is 7.69. The highest BCUT2D eigenvalue weighted by Crippen LogP contribution is 2.48. The first-order valence-corrected chi connectivity index (χ1v) is 14.2. The van der Waals surface area contributed by atoms with Crippen molar-refractivity contribution in [3.05, 3.63) is 105 Å². The fourth-order valence-corrected chi connectivity index (χ4v) is 5.88. The zero-order valence-electron chi connectivity index (χ0n) is 22.7. The Labute approximate surface area is 251 Å². The topological polar surface area (TPSA) is 71.0 Å². The number of amides is 2. The van der Waals surface area contributed by atoms with Gasteiger partial charge < -0.3 is 5.32 Å². The summed E-state index contributed by atoms with van der Waals surface area (Å²) in [5.41, 5.74) is 0.435. The lowest BCUT2D eigenvalue weighted by Gasteiger charge is -2.31. The molecule has 42 heavy (non-hydrogen) atoms. The molecule has 2 heterocycles. The summed E-state index contributed by atoms with van der Waals surface area (Å²) in [7, 11) is 0. The van der Waals surface area contributed by atoms with Gasteiger partial charge in [-0.25, -0.2) is 5.06 Å². The summed E-state index contributed by atoms with van der Waals surface area (Å²) < 4.78 is 43.3. The summed E-state index contributed by atoms with van der Waals surface area (Å²) in [6, 6.07) is 17.7. The van der Waals surface area contributed by atoms with Gasteiger partial charge in [0.05, 0.1) is 6.54 Å². The molecule has 0 spiro atoms. The Bertz CT molecular complexity index is 1510. The molecular formula is C31H28Cl2F3N3O3. The van der Waals surface area contributed by atoms with E-state index in [-0.39, 0.29) is 33.8 Å². The fraction of sp³-hybridized carbons (Fsp3) is 0.323. The summed E-state index contributed by atoms with van der Waals surface area (Å²) in [5, 5.41) is 4.22. The number of hydrogen-bond acceptors (Lipinski definition) is 4. The van der Waals surface area contributed by atoms with E-state index in [9.17, 15) is 22.8 Å². The molecule has 5 rings (SSSR count). The van der Waals surface area contributed by atoms with Crippen LogP contribution in [0.3, 0.4) is 0 Å². The van der Waals surface area contributed by atoms with Crippen molar-refractivity contribution in [2.24, 2.45) is 4.99 Å². The van der Waals surface area contributed by atoms with E-state index in [1.54, 1.807) is 19.1 Å². The molecule has 0 aliphatic carbocycles. The number of halogens is 5. The van der Waals surface area contributed by atoms with Crippen LogP contribution in [0.2, 0.25) is 10.0 Å². The number of nitrogens with zero attached hydrogens (tertiary/aromatic N) is 2. The molecule has 220 valence electrons. The van der Waals surface area contributed by atoms with Crippen LogP contribution in [0.1, 0.15) is 45.5 Å². The molecule has 6 nitrogen and oxygen atoms in total. The summed E-state index contributed by atoms with van der Waals surface area (Å²) in [6.45, 7) is 1.60. The smallest absolute Gasteiger partial charge is 0.338 e. The van der Waals surface area contributed by atoms with Crippen LogP contribution in [0.4, 0.5) is 13.2 Å². The second kappa shape index (κ2) is 12.1. The van der Waals surface area contributed by atoms with Crippen molar-refractivity contribution in [1.82, 2.24) is 10.4 Å². The summed E-state index contributed by atoms with van der Waals surface area (Å²) in [6.07, 6.45) is -3.50. The van der Waals surface area contributed by atoms with Gasteiger partial charge in [-0.2, -0.15) is 13.2 Å². The second-order valence-corrected chi connectivity index (χ2v) is 11.4. The fourth-order valence-electron chi connectivity index (χ4n) is 5.36. The van der Waals surface area contributed by atoms with Gasteiger partial charge in [0.15, 0.2) is 0 Å². The number of nitrogens with one attached hydrogen (secondary N) is 1. The second-order valence-electron chi connectivity index (χ2n) is 10.6. The maximum Gasteiger partial charge on any atom is 0.400 e. The first kappa shape index (κ1) is 30.1. The van der Waals surface area contributed by atoms with Gasteiger partial charge in [0.2, 0.25) is 0 Å². The lowest BCUT2D eigenvalue weighted by atomic mass is 9.76. The molecule has 1 unspecified atom stereocenters. The van der Waals surface area contributed by atoms with E-state index in [0.29, 0.717) is 29.7 Å². The number of aryl methyl sites for hydroxylation is 2. The van der Waals surface area contributed by atoms with Crippen molar-refractivity contribution < 1.29 is 27.6 Å². The predicted molar refractivity (Wildman–Crippen MR) is 155 cm³/mol. The SMILES string of the molecule is Cc1cc(C2=NCC(c3cc(Cl)cc(Cl)c3)(C(F)(F)F)C2)ccc1C(=O)N[C@@H]1CON(CCCc2ccccc2)C1=O. The third-order valence-corrected chi connectivity index (χ3v) is 8.12. The Balaban J connectivity index is 1.23. The molecule has 0 radical (unpaired) electrons. The minimum atomic E-state index is -4.60. The minimum Gasteiger partial charge on any atom is -0.338 e. The van der Waals surface area contributed by atoms with Crippen molar-refractivity contribution in [2.45, 2.75) is 43.8 Å². The van der Waals surface area contributed by atoms with E-state index in [1.807, 2.05) is 30.3 Å². The van der Waals surface area contributed by atoms with Crippen molar-refractivity contribution in [2.75, 3.05) is 19.7 Å². The number of carbonyl (C=O) groups is 2. The highest BCUT2D eigenvalue weighted by molar-refractivity contribution is 6.34. The van der Waals surface area contributed by atoms with Gasteiger partial charge in [-0.3, -0.25) is 19.4 Å². The number of hydrogen-bond donors (Lipinski definition) is 1. The quantitative estimate of drug-likeness (QED) is 0.314. The molecule has 1 saturated heterocycles. The highest BCUT2D eigenvalue weighted by atomic mass is 35.5. The summed E-state index contributed by atoms with van der Waals surface area (Å²) in [5.74, 6) is -0.797. The Morgan fingerprint density at radius 1 is 1.10 bits per heavy atom. The summed E-state index contributed by atoms with van der Waals surface area (Å²) in [4.78, 5) is 35.6. The highest BCUT2D eigenvalue weighted by Gasteiger charge is 2.58. The van der Waals surface area contributed by atoms with E-state index in [1.165, 1.54) is 29.3 Å². The number of hydroxylamine groups is 2. The maximum atomic E-state index is 14.4. The Hall–Kier alpha value is -3.40. The molecule has 0 aromatic heterocycles. The number of rotatable bonds is 8. The Kier molecular flexibility index (Phi) is 8.64. The third kappa shape index (κ3) is 6.19. The number of aliphatic imine (C=N–C) groups is 1. The van der Waals surface area contributed by atoms with Gasteiger partial charge in [0, 0.05) is 34.3 Å². The Morgan fingerprint density at radius 3 is 2.48 bits per heavy atom. The molecule has 2 aliphatic rings. The van der Waals surface area contributed by atoms with E-state index in [0.717, 1.165) is 12.0 Å². The van der Waals surface area contributed by atoms with E-state index in [4.69, 9.17) is 28.0 Å². The van der Waals surface area contributed by atoms with Crippen LogP contribution in [0.15, 0.2) is 71.7 Å². The molecule has 1 fully saturated rings. The van der Waals surface area contributed by atoms with Crippen molar-refractivity contribution in [3.63, 3.8) is 0 Å². The van der Waals surface area contributed by atoms with Gasteiger partial charge in [-0.1, -0.05) is 59.6 Å². The maximum absolute atomic E-state index is 14.4. The largest absolute Gasteiger partial charge is 0.400 e. The van der Waals surface area contributed by atoms with Crippen molar-refractivity contribution >= 4 is 40.7 Å². The molecule has 2 atom stereocenters. The molecule has 3 aromatic rings. The first-order chi connectivity index (χ1) is 20.0. The molecule has 2 amide bonds. The molecule has 3 aromatic carbocycles. The van der Waals surface area contributed by atoms with Crippen LogP contribution in [-0.4, -0.2) is 54.5 Å². The number of carbonyl (C=O) groups excluding carboxylic acids is 2. The van der Waals surface area contributed by atoms with Gasteiger partial charge in [-0.15, -0.1) is 0 Å². The van der Waals surface area contributed by atoms with Crippen LogP contribution in [-0.2, 0) is 21.5 Å².